The van der Waals surface area contributed by atoms with Gasteiger partial charge >= 0.3 is 0 Å². The van der Waals surface area contributed by atoms with Crippen molar-refractivity contribution in [1.29, 1.82) is 0 Å². The molecule has 0 aliphatic heterocycles. The first-order valence-electron chi connectivity index (χ1n) is 8.51. The molecule has 0 aliphatic carbocycles. The predicted molar refractivity (Wildman–Crippen MR) is 102 cm³/mol. The Hall–Kier alpha value is -2.56. The van der Waals surface area contributed by atoms with Gasteiger partial charge in [-0.2, -0.15) is 0 Å². The zero-order chi connectivity index (χ0) is 18.2. The quantitative estimate of drug-likeness (QED) is 0.660. The molecule has 3 aromatic rings. The van der Waals surface area contributed by atoms with Gasteiger partial charge < -0.3 is 14.8 Å². The summed E-state index contributed by atoms with van der Waals surface area (Å²) < 4.78 is 11.4. The molecule has 0 unspecified atom stereocenters. The van der Waals surface area contributed by atoms with Crippen LogP contribution in [0.3, 0.4) is 0 Å². The second-order valence-electron chi connectivity index (χ2n) is 5.88. The third kappa shape index (κ3) is 4.97. The highest BCUT2D eigenvalue weighted by atomic mass is 35.5. The second-order valence-corrected chi connectivity index (χ2v) is 6.29. The number of halogens is 1. The van der Waals surface area contributed by atoms with E-state index in [4.69, 9.17) is 21.1 Å². The molecular weight excluding hydrogens is 348 g/mol. The summed E-state index contributed by atoms with van der Waals surface area (Å²) in [4.78, 5) is 4.33. The number of hydrogen-bond acceptors (Lipinski definition) is 3. The number of benzene rings is 2. The first-order valence-corrected chi connectivity index (χ1v) is 8.89. The second kappa shape index (κ2) is 9.22. The zero-order valence-electron chi connectivity index (χ0n) is 14.7. The topological polar surface area (TPSA) is 48.0 Å². The highest BCUT2D eigenvalue weighted by molar-refractivity contribution is 6.31. The van der Waals surface area contributed by atoms with Crippen molar-refractivity contribution in [3.05, 3.63) is 88.7 Å². The lowest BCUT2D eigenvalue weighted by molar-refractivity contribution is -0.686. The summed E-state index contributed by atoms with van der Waals surface area (Å²) in [6.07, 6.45) is 1.82. The number of aromatic nitrogens is 1. The van der Waals surface area contributed by atoms with Crippen LogP contribution < -0.4 is 14.8 Å². The van der Waals surface area contributed by atoms with Crippen molar-refractivity contribution in [2.75, 3.05) is 7.11 Å². The van der Waals surface area contributed by atoms with Crippen molar-refractivity contribution in [2.24, 2.45) is 0 Å². The predicted octanol–water partition coefficient (Wildman–Crippen LogP) is 3.59. The van der Waals surface area contributed by atoms with Gasteiger partial charge in [0.15, 0.2) is 11.5 Å². The largest absolute Gasteiger partial charge is 0.493 e. The molecule has 5 heteroatoms. The fourth-order valence-corrected chi connectivity index (χ4v) is 2.83. The van der Waals surface area contributed by atoms with Crippen molar-refractivity contribution in [1.82, 2.24) is 4.98 Å². The van der Waals surface area contributed by atoms with Gasteiger partial charge in [0, 0.05) is 22.3 Å². The van der Waals surface area contributed by atoms with Gasteiger partial charge in [-0.05, 0) is 36.4 Å². The van der Waals surface area contributed by atoms with Gasteiger partial charge in [-0.3, -0.25) is 4.98 Å². The van der Waals surface area contributed by atoms with E-state index < -0.39 is 0 Å². The molecule has 26 heavy (non-hydrogen) atoms. The Morgan fingerprint density at radius 2 is 1.81 bits per heavy atom. The maximum absolute atomic E-state index is 6.18. The molecule has 0 saturated carbocycles. The lowest BCUT2D eigenvalue weighted by Gasteiger charge is -2.12. The third-order valence-corrected chi connectivity index (χ3v) is 4.40. The van der Waals surface area contributed by atoms with Crippen LogP contribution in [0.4, 0.5) is 0 Å². The van der Waals surface area contributed by atoms with Gasteiger partial charge in [0.25, 0.3) is 0 Å². The third-order valence-electron chi connectivity index (χ3n) is 4.03. The average molecular weight is 370 g/mol. The maximum Gasteiger partial charge on any atom is 0.161 e. The van der Waals surface area contributed by atoms with E-state index in [1.807, 2.05) is 60.8 Å². The Morgan fingerprint density at radius 1 is 0.962 bits per heavy atom. The van der Waals surface area contributed by atoms with E-state index in [1.54, 1.807) is 7.11 Å². The van der Waals surface area contributed by atoms with Crippen molar-refractivity contribution >= 4 is 11.6 Å². The molecule has 0 radical (unpaired) electrons. The first-order chi connectivity index (χ1) is 12.8. The van der Waals surface area contributed by atoms with Gasteiger partial charge in [0.2, 0.25) is 0 Å². The first kappa shape index (κ1) is 18.2. The number of pyridine rings is 1. The fraction of sp³-hybridized carbons (Fsp3) is 0.190. The van der Waals surface area contributed by atoms with Crippen LogP contribution in [0.1, 0.15) is 16.8 Å². The van der Waals surface area contributed by atoms with Gasteiger partial charge in [0.1, 0.15) is 19.7 Å². The highest BCUT2D eigenvalue weighted by Gasteiger charge is 2.08. The smallest absolute Gasteiger partial charge is 0.161 e. The summed E-state index contributed by atoms with van der Waals surface area (Å²) in [6.45, 7) is 2.09. The summed E-state index contributed by atoms with van der Waals surface area (Å²) in [6, 6.07) is 19.6. The number of nitrogens with zero attached hydrogens (tertiary/aromatic N) is 1. The minimum absolute atomic E-state index is 0.404. The molecule has 0 saturated heterocycles. The number of hydrogen-bond donors (Lipinski definition) is 1. The Morgan fingerprint density at radius 3 is 2.58 bits per heavy atom. The van der Waals surface area contributed by atoms with E-state index in [-0.39, 0.29) is 0 Å². The minimum atomic E-state index is 0.404. The summed E-state index contributed by atoms with van der Waals surface area (Å²) in [5.41, 5.74) is 3.19. The molecule has 0 fully saturated rings. The Kier molecular flexibility index (Phi) is 6.47. The molecule has 134 valence electrons. The van der Waals surface area contributed by atoms with Crippen LogP contribution in [-0.2, 0) is 19.7 Å². The van der Waals surface area contributed by atoms with Gasteiger partial charge in [0.05, 0.1) is 12.8 Å². The highest BCUT2D eigenvalue weighted by Crippen LogP contribution is 2.29. The van der Waals surface area contributed by atoms with E-state index in [9.17, 15) is 0 Å². The van der Waals surface area contributed by atoms with Crippen LogP contribution in [-0.4, -0.2) is 12.1 Å². The number of rotatable bonds is 8. The molecule has 0 amide bonds. The summed E-state index contributed by atoms with van der Waals surface area (Å²) in [5, 5.41) is 2.91. The van der Waals surface area contributed by atoms with Gasteiger partial charge in [-0.1, -0.05) is 35.9 Å². The number of methoxy groups -OCH3 is 1. The van der Waals surface area contributed by atoms with Crippen LogP contribution >= 0.6 is 11.6 Å². The summed E-state index contributed by atoms with van der Waals surface area (Å²) in [7, 11) is 1.65. The molecule has 2 N–H and O–H groups in total. The molecule has 0 bridgehead atoms. The Balaban J connectivity index is 1.59. The van der Waals surface area contributed by atoms with Crippen molar-refractivity contribution in [3.63, 3.8) is 0 Å². The lowest BCUT2D eigenvalue weighted by atomic mass is 10.2. The normalized spacial score (nSPS) is 10.5. The van der Waals surface area contributed by atoms with Gasteiger partial charge in [-0.25, -0.2) is 0 Å². The maximum atomic E-state index is 6.18. The lowest BCUT2D eigenvalue weighted by Crippen LogP contribution is -2.80. The van der Waals surface area contributed by atoms with E-state index in [2.05, 4.69) is 16.4 Å². The molecule has 0 atom stereocenters. The zero-order valence-corrected chi connectivity index (χ0v) is 15.4. The Bertz CT molecular complexity index is 840. The number of quaternary nitrogens is 1. The SMILES string of the molecule is COc1cc(C[NH2+]Cc2ccccn2)ccc1OCc1ccccc1Cl. The van der Waals surface area contributed by atoms with Crippen LogP contribution in [0.25, 0.3) is 0 Å². The van der Waals surface area contributed by atoms with Gasteiger partial charge in [-0.15, -0.1) is 0 Å². The van der Waals surface area contributed by atoms with E-state index in [1.165, 1.54) is 5.56 Å². The van der Waals surface area contributed by atoms with E-state index in [0.29, 0.717) is 17.4 Å². The van der Waals surface area contributed by atoms with Crippen molar-refractivity contribution < 1.29 is 14.8 Å². The molecule has 1 heterocycles. The fourth-order valence-electron chi connectivity index (χ4n) is 2.63. The van der Waals surface area contributed by atoms with Crippen LogP contribution in [0.5, 0.6) is 11.5 Å². The van der Waals surface area contributed by atoms with E-state index in [0.717, 1.165) is 30.1 Å². The minimum Gasteiger partial charge on any atom is -0.493 e. The molecule has 0 spiro atoms. The van der Waals surface area contributed by atoms with Crippen molar-refractivity contribution in [3.8, 4) is 11.5 Å². The average Bonchev–Trinajstić information content (AvgIpc) is 2.68. The summed E-state index contributed by atoms with van der Waals surface area (Å²) in [5.74, 6) is 1.43. The summed E-state index contributed by atoms with van der Waals surface area (Å²) >= 11 is 6.18. The molecule has 3 rings (SSSR count). The molecular formula is C21H22ClN2O2+. The number of nitrogens with two attached hydrogens (primary N) is 1. The molecule has 2 aromatic carbocycles. The van der Waals surface area contributed by atoms with Crippen LogP contribution in [0.15, 0.2) is 66.9 Å². The monoisotopic (exact) mass is 369 g/mol. The standard InChI is InChI=1S/C21H21ClN2O2/c1-25-21-12-16(13-23-14-18-7-4-5-11-24-18)9-10-20(21)26-15-17-6-2-3-8-19(17)22/h2-12,23H,13-15H2,1H3/p+1. The number of ether oxygens (including phenoxy) is 2. The molecule has 1 aromatic heterocycles. The molecule has 0 aliphatic rings. The van der Waals surface area contributed by atoms with Crippen LogP contribution in [0.2, 0.25) is 5.02 Å². The molecule has 4 nitrogen and oxygen atoms in total. The van der Waals surface area contributed by atoms with E-state index >= 15 is 0 Å². The van der Waals surface area contributed by atoms with Crippen LogP contribution in [0, 0.1) is 0 Å². The van der Waals surface area contributed by atoms with Crippen molar-refractivity contribution in [2.45, 2.75) is 19.7 Å². The Labute approximate surface area is 158 Å².